The Hall–Kier alpha value is -1.43. The van der Waals surface area contributed by atoms with Crippen LogP contribution in [0.1, 0.15) is 23.5 Å². The third-order valence-electron chi connectivity index (χ3n) is 2.31. The molecular weight excluding hydrogens is 216 g/mol. The Labute approximate surface area is 91.4 Å². The maximum atomic E-state index is 11.8. The number of hydrogen-bond donors (Lipinski definition) is 1. The van der Waals surface area contributed by atoms with Crippen molar-refractivity contribution < 1.29 is 14.7 Å². The maximum Gasteiger partial charge on any atom is 0.329 e. The van der Waals surface area contributed by atoms with Crippen LogP contribution in [0.5, 0.6) is 0 Å². The molecule has 1 heterocycles. The van der Waals surface area contributed by atoms with E-state index in [9.17, 15) is 9.59 Å². The van der Waals surface area contributed by atoms with Crippen molar-refractivity contribution in [2.45, 2.75) is 19.4 Å². The number of carboxylic acid groups (broad SMARTS) is 1. The van der Waals surface area contributed by atoms with Gasteiger partial charge >= 0.3 is 5.97 Å². The van der Waals surface area contributed by atoms with Gasteiger partial charge in [0.05, 0.1) is 11.7 Å². The second-order valence-electron chi connectivity index (χ2n) is 3.59. The summed E-state index contributed by atoms with van der Waals surface area (Å²) >= 11 is 1.19. The van der Waals surface area contributed by atoms with Crippen molar-refractivity contribution in [1.29, 1.82) is 0 Å². The molecule has 0 atom stereocenters. The molecule has 0 unspecified atom stereocenters. The number of carbonyl (C=O) groups excluding carboxylic acids is 1. The fourth-order valence-corrected chi connectivity index (χ4v) is 1.48. The molecule has 0 aromatic carbocycles. The predicted octanol–water partition coefficient (Wildman–Crippen LogP) is 1.08. The largest absolute Gasteiger partial charge is 0.480 e. The van der Waals surface area contributed by atoms with Crippen LogP contribution in [0.4, 0.5) is 0 Å². The number of carbonyl (C=O) groups is 2. The zero-order chi connectivity index (χ0) is 11.6. The van der Waals surface area contributed by atoms with Gasteiger partial charge in [0.2, 0.25) is 0 Å². The minimum absolute atomic E-state index is 0.329. The van der Waals surface area contributed by atoms with E-state index in [2.05, 4.69) is 4.98 Å². The van der Waals surface area contributed by atoms with Gasteiger partial charge in [0.25, 0.3) is 5.91 Å². The smallest absolute Gasteiger partial charge is 0.329 e. The molecule has 5 nitrogen and oxygen atoms in total. The highest BCUT2D eigenvalue weighted by Crippen LogP contribution is 2.17. The fraction of sp³-hybridized carbons (Fsp3) is 0.444. The predicted molar refractivity (Wildman–Crippen MR) is 55.9 cm³/mol. The molecule has 0 aliphatic rings. The lowest BCUT2D eigenvalue weighted by Gasteiger charge is -2.30. The van der Waals surface area contributed by atoms with E-state index in [1.165, 1.54) is 48.8 Å². The van der Waals surface area contributed by atoms with Gasteiger partial charge in [-0.25, -0.2) is 4.79 Å². The van der Waals surface area contributed by atoms with Gasteiger partial charge in [-0.2, -0.15) is 0 Å². The third kappa shape index (κ3) is 2.15. The molecule has 0 bridgehead atoms. The summed E-state index contributed by atoms with van der Waals surface area (Å²) in [7, 11) is 1.47. The Balaban J connectivity index is 2.91. The average molecular weight is 228 g/mol. The minimum Gasteiger partial charge on any atom is -0.480 e. The first-order valence-corrected chi connectivity index (χ1v) is 5.15. The van der Waals surface area contributed by atoms with E-state index in [0.29, 0.717) is 4.88 Å². The zero-order valence-electron chi connectivity index (χ0n) is 8.72. The first kappa shape index (κ1) is 11.6. The zero-order valence-corrected chi connectivity index (χ0v) is 9.54. The normalized spacial score (nSPS) is 11.1. The first-order valence-electron chi connectivity index (χ1n) is 4.27. The Morgan fingerprint density at radius 2 is 2.13 bits per heavy atom. The average Bonchev–Trinajstić information content (AvgIpc) is 2.67. The van der Waals surface area contributed by atoms with Gasteiger partial charge in [0.15, 0.2) is 0 Å². The van der Waals surface area contributed by atoms with Crippen molar-refractivity contribution in [2.75, 3.05) is 7.05 Å². The highest BCUT2D eigenvalue weighted by Gasteiger charge is 2.35. The number of hydrogen-bond acceptors (Lipinski definition) is 4. The molecule has 15 heavy (non-hydrogen) atoms. The Morgan fingerprint density at radius 1 is 1.53 bits per heavy atom. The molecule has 1 amide bonds. The number of amides is 1. The lowest BCUT2D eigenvalue weighted by molar-refractivity contribution is -0.147. The van der Waals surface area contributed by atoms with Crippen LogP contribution < -0.4 is 0 Å². The van der Waals surface area contributed by atoms with Crippen LogP contribution in [0, 0.1) is 0 Å². The highest BCUT2D eigenvalue weighted by atomic mass is 32.1. The molecule has 0 aliphatic heterocycles. The summed E-state index contributed by atoms with van der Waals surface area (Å²) in [6.45, 7) is 2.96. The van der Waals surface area contributed by atoms with E-state index in [-0.39, 0.29) is 5.91 Å². The van der Waals surface area contributed by atoms with Gasteiger partial charge in [-0.1, -0.05) is 0 Å². The second-order valence-corrected chi connectivity index (χ2v) is 4.48. The van der Waals surface area contributed by atoms with E-state index in [1.807, 2.05) is 0 Å². The quantitative estimate of drug-likeness (QED) is 0.840. The molecule has 0 fully saturated rings. The number of aromatic nitrogens is 1. The van der Waals surface area contributed by atoms with Crippen LogP contribution in [0.3, 0.4) is 0 Å². The topological polar surface area (TPSA) is 70.5 Å². The first-order chi connectivity index (χ1) is 6.87. The van der Waals surface area contributed by atoms with Gasteiger partial charge in [0, 0.05) is 7.05 Å². The second kappa shape index (κ2) is 3.98. The van der Waals surface area contributed by atoms with E-state index >= 15 is 0 Å². The lowest BCUT2D eigenvalue weighted by Crippen LogP contribution is -2.50. The summed E-state index contributed by atoms with van der Waals surface area (Å²) < 4.78 is 0. The molecule has 1 aromatic heterocycles. The maximum absolute atomic E-state index is 11.8. The van der Waals surface area contributed by atoms with E-state index in [4.69, 9.17) is 5.11 Å². The summed E-state index contributed by atoms with van der Waals surface area (Å²) in [6, 6.07) is 0. The van der Waals surface area contributed by atoms with Crippen LogP contribution in [0.2, 0.25) is 0 Å². The molecule has 1 aromatic rings. The number of carboxylic acids is 1. The van der Waals surface area contributed by atoms with E-state index < -0.39 is 11.5 Å². The van der Waals surface area contributed by atoms with Crippen molar-refractivity contribution in [2.24, 2.45) is 0 Å². The van der Waals surface area contributed by atoms with Gasteiger partial charge in [0.1, 0.15) is 10.4 Å². The van der Waals surface area contributed by atoms with Crippen LogP contribution in [-0.2, 0) is 4.79 Å². The summed E-state index contributed by atoms with van der Waals surface area (Å²) in [4.78, 5) is 28.1. The third-order valence-corrected chi connectivity index (χ3v) is 3.07. The number of nitrogens with zero attached hydrogens (tertiary/aromatic N) is 2. The standard InChI is InChI=1S/C9H12N2O3S/c1-9(2,8(13)14)11(3)7(12)6-4-10-5-15-6/h4-5H,1-3H3,(H,13,14). The number of likely N-dealkylation sites (N-methyl/N-ethyl adjacent to an activating group) is 1. The Bertz CT molecular complexity index is 373. The van der Waals surface area contributed by atoms with Crippen molar-refractivity contribution in [1.82, 2.24) is 9.88 Å². The Kier molecular flexibility index (Phi) is 3.09. The van der Waals surface area contributed by atoms with Crippen molar-refractivity contribution in [3.05, 3.63) is 16.6 Å². The molecule has 1 rings (SSSR count). The molecule has 0 spiro atoms. The van der Waals surface area contributed by atoms with Crippen molar-refractivity contribution in [3.63, 3.8) is 0 Å². The molecule has 0 saturated heterocycles. The summed E-state index contributed by atoms with van der Waals surface area (Å²) in [5.41, 5.74) is 0.315. The van der Waals surface area contributed by atoms with Crippen LogP contribution in [0.25, 0.3) is 0 Å². The van der Waals surface area contributed by atoms with E-state index in [1.54, 1.807) is 0 Å². The number of rotatable bonds is 3. The monoisotopic (exact) mass is 228 g/mol. The van der Waals surface area contributed by atoms with Crippen LogP contribution in [-0.4, -0.2) is 39.5 Å². The fourth-order valence-electron chi connectivity index (χ4n) is 0.884. The Morgan fingerprint density at radius 3 is 2.53 bits per heavy atom. The van der Waals surface area contributed by atoms with Crippen molar-refractivity contribution in [3.8, 4) is 0 Å². The summed E-state index contributed by atoms with van der Waals surface area (Å²) in [5, 5.41) is 8.95. The number of thiazole rings is 1. The molecular formula is C9H12N2O3S. The SMILES string of the molecule is CN(C(=O)c1cncs1)C(C)(C)C(=O)O. The molecule has 6 heteroatoms. The van der Waals surface area contributed by atoms with Gasteiger partial charge in [-0.15, -0.1) is 11.3 Å². The minimum atomic E-state index is -1.22. The molecule has 0 saturated carbocycles. The van der Waals surface area contributed by atoms with Gasteiger partial charge < -0.3 is 10.0 Å². The molecule has 0 aliphatic carbocycles. The number of aliphatic carboxylic acids is 1. The summed E-state index contributed by atoms with van der Waals surface area (Å²) in [5.74, 6) is -1.37. The van der Waals surface area contributed by atoms with Gasteiger partial charge in [-0.3, -0.25) is 9.78 Å². The van der Waals surface area contributed by atoms with E-state index in [0.717, 1.165) is 0 Å². The van der Waals surface area contributed by atoms with Crippen molar-refractivity contribution >= 4 is 23.2 Å². The van der Waals surface area contributed by atoms with Crippen LogP contribution >= 0.6 is 11.3 Å². The molecule has 0 radical (unpaired) electrons. The molecule has 1 N–H and O–H groups in total. The van der Waals surface area contributed by atoms with Crippen LogP contribution in [0.15, 0.2) is 11.7 Å². The molecule has 82 valence electrons. The lowest BCUT2D eigenvalue weighted by atomic mass is 10.0. The highest BCUT2D eigenvalue weighted by molar-refractivity contribution is 7.11. The summed E-state index contributed by atoms with van der Waals surface area (Å²) in [6.07, 6.45) is 1.43. The van der Waals surface area contributed by atoms with Gasteiger partial charge in [-0.05, 0) is 13.8 Å².